The third-order valence-electron chi connectivity index (χ3n) is 6.17. The second-order valence-electron chi connectivity index (χ2n) is 12.9. The topological polar surface area (TPSA) is 0 Å². The van der Waals surface area contributed by atoms with Crippen molar-refractivity contribution in [3.05, 3.63) is 24.3 Å². The summed E-state index contributed by atoms with van der Waals surface area (Å²) in [7, 11) is 0. The molecule has 0 unspecified atom stereocenters. The predicted octanol–water partition coefficient (Wildman–Crippen LogP) is 7.78. The van der Waals surface area contributed by atoms with Crippen LogP contribution < -0.4 is 0 Å². The van der Waals surface area contributed by atoms with E-state index in [9.17, 15) is 0 Å². The van der Waals surface area contributed by atoms with Crippen LogP contribution in [0.5, 0.6) is 0 Å². The average molecular weight is 362 g/mol. The molecule has 1 aliphatic carbocycles. The van der Waals surface area contributed by atoms with Crippen LogP contribution >= 0.6 is 0 Å². The summed E-state index contributed by atoms with van der Waals surface area (Å²) in [6.07, 6.45) is 10.5. The van der Waals surface area contributed by atoms with Gasteiger partial charge in [0.2, 0.25) is 0 Å². The van der Waals surface area contributed by atoms with Crippen molar-refractivity contribution in [1.29, 1.82) is 0 Å². The second-order valence-corrected chi connectivity index (χ2v) is 24.5. The molecule has 138 valence electrons. The van der Waals surface area contributed by atoms with Crippen LogP contribution in [-0.2, 0) is 0 Å². The van der Waals surface area contributed by atoms with Gasteiger partial charge in [0.05, 0.1) is 0 Å². The number of rotatable bonds is 2. The van der Waals surface area contributed by atoms with E-state index in [2.05, 4.69) is 107 Å². The summed E-state index contributed by atoms with van der Waals surface area (Å²) < 4.78 is 3.35. The molecule has 0 saturated carbocycles. The van der Waals surface area contributed by atoms with E-state index < -0.39 is 28.3 Å². The maximum atomic E-state index is 2.62. The first kappa shape index (κ1) is 22.6. The molecule has 1 aliphatic rings. The molecule has 2 heteroatoms. The fraction of sp³-hybridized carbons (Fsp3) is 0.818. The van der Waals surface area contributed by atoms with E-state index in [1.54, 1.807) is 0 Å². The van der Waals surface area contributed by atoms with Crippen LogP contribution in [0.25, 0.3) is 0 Å². The lowest BCUT2D eigenvalue weighted by atomic mass is 10.2. The normalized spacial score (nSPS) is 23.0. The Labute approximate surface area is 162 Å². The lowest BCUT2D eigenvalue weighted by molar-refractivity contribution is 0.627. The third-order valence-corrected chi connectivity index (χ3v) is 17.2. The second kappa shape index (κ2) is 7.28. The number of hydrogen-bond acceptors (Lipinski definition) is 0. The highest BCUT2D eigenvalue weighted by atomic mass is 27.2. The van der Waals surface area contributed by atoms with Crippen LogP contribution in [0.2, 0.25) is 26.7 Å². The Morgan fingerprint density at radius 1 is 0.583 bits per heavy atom. The van der Waals surface area contributed by atoms with Crippen molar-refractivity contribution in [3.8, 4) is 0 Å². The molecule has 0 atom stereocenters. The number of hydrogen-bond donors (Lipinski definition) is 0. The fourth-order valence-electron chi connectivity index (χ4n) is 6.62. The van der Waals surface area contributed by atoms with Crippen molar-refractivity contribution in [2.75, 3.05) is 0 Å². The van der Waals surface area contributed by atoms with E-state index in [0.29, 0.717) is 21.9 Å². The Kier molecular flexibility index (Phi) is 6.85. The molecule has 0 radical (unpaired) electrons. The molecular formula is C22H43Al2-. The average Bonchev–Trinajstić information content (AvgIpc) is 2.23. The maximum Gasteiger partial charge on any atom is 0.287 e. The van der Waals surface area contributed by atoms with Crippen molar-refractivity contribution in [2.45, 2.75) is 110 Å². The summed E-state index contributed by atoms with van der Waals surface area (Å²) in [5.41, 5.74) is 0. The lowest BCUT2D eigenvalue weighted by Gasteiger charge is -2.50. The van der Waals surface area contributed by atoms with Crippen molar-refractivity contribution >= 4 is 28.3 Å². The van der Waals surface area contributed by atoms with Gasteiger partial charge in [-0.15, -0.1) is 16.9 Å². The Hall–Kier alpha value is 0.545. The molecule has 0 nitrogen and oxygen atoms in total. The van der Waals surface area contributed by atoms with Gasteiger partial charge in [0.15, 0.2) is 0 Å². The Morgan fingerprint density at radius 2 is 0.917 bits per heavy atom. The minimum atomic E-state index is -1.43. The fourth-order valence-corrected chi connectivity index (χ4v) is 19.1. The van der Waals surface area contributed by atoms with Gasteiger partial charge in [-0.1, -0.05) is 104 Å². The van der Waals surface area contributed by atoms with E-state index in [0.717, 1.165) is 4.78 Å². The van der Waals surface area contributed by atoms with Gasteiger partial charge >= 0.3 is 0 Å². The zero-order valence-electron chi connectivity index (χ0n) is 18.7. The van der Waals surface area contributed by atoms with Crippen LogP contribution in [0.3, 0.4) is 0 Å². The molecule has 0 bridgehead atoms. The third kappa shape index (κ3) is 5.78. The molecule has 0 aliphatic heterocycles. The Morgan fingerprint density at radius 3 is 1.17 bits per heavy atom. The van der Waals surface area contributed by atoms with Gasteiger partial charge in [-0.05, 0) is 4.78 Å². The summed E-state index contributed by atoms with van der Waals surface area (Å²) in [4.78, 5) is 0. The largest absolute Gasteiger partial charge is 0.287 e. The highest BCUT2D eigenvalue weighted by Crippen LogP contribution is 2.52. The molecule has 0 fully saturated rings. The first-order valence-electron chi connectivity index (χ1n) is 10.0. The standard InChI is InChI=1S/C6H6.4C4H9.2Al.H/c1-2-4-6-5-3-1;4*1-4(2)3;;;/h1-6H;4*1-3H3;;;/q;;;;;;-1;. The minimum Gasteiger partial charge on any atom is -0.179 e. The SMILES string of the molecule is C[C](C)(C)[Al]([CH]1C=C[CH]([AlH-]([C](C)(C)C)[C](C)(C)C)C=C1)[C](C)(C)C. The van der Waals surface area contributed by atoms with Gasteiger partial charge in [-0.25, -0.2) is 0 Å². The summed E-state index contributed by atoms with van der Waals surface area (Å²) in [5, 5.41) is 0. The molecule has 0 amide bonds. The molecule has 0 heterocycles. The van der Waals surface area contributed by atoms with Gasteiger partial charge in [0, 0.05) is 0 Å². The monoisotopic (exact) mass is 361 g/mol. The van der Waals surface area contributed by atoms with E-state index in [4.69, 9.17) is 0 Å². The molecule has 0 spiro atoms. The lowest BCUT2D eigenvalue weighted by Crippen LogP contribution is -2.41. The number of allylic oxidation sites excluding steroid dienone is 4. The van der Waals surface area contributed by atoms with Gasteiger partial charge in [0.1, 0.15) is 14.1 Å². The van der Waals surface area contributed by atoms with Crippen molar-refractivity contribution < 1.29 is 0 Å². The molecule has 0 saturated heterocycles. The molecule has 0 N–H and O–H groups in total. The summed E-state index contributed by atoms with van der Waals surface area (Å²) in [6.45, 7) is 29.7. The first-order valence-corrected chi connectivity index (χ1v) is 14.1. The molecule has 0 aromatic heterocycles. The smallest absolute Gasteiger partial charge is 0.179 e. The summed E-state index contributed by atoms with van der Waals surface area (Å²) in [6, 6.07) is 0. The van der Waals surface area contributed by atoms with E-state index in [1.165, 1.54) is 0 Å². The van der Waals surface area contributed by atoms with Gasteiger partial charge in [-0.3, -0.25) is 0 Å². The molecular weight excluding hydrogens is 318 g/mol. The van der Waals surface area contributed by atoms with Crippen molar-refractivity contribution in [1.82, 2.24) is 0 Å². The minimum absolute atomic E-state index is 0.457. The molecule has 1 rings (SSSR count). The van der Waals surface area contributed by atoms with E-state index in [1.807, 2.05) is 0 Å². The van der Waals surface area contributed by atoms with Crippen LogP contribution in [0.4, 0.5) is 0 Å². The summed E-state index contributed by atoms with van der Waals surface area (Å²) >= 11 is -2.42. The molecule has 0 aromatic carbocycles. The Bertz CT molecular complexity index is 386. The van der Waals surface area contributed by atoms with Crippen LogP contribution in [0.15, 0.2) is 24.3 Å². The highest BCUT2D eigenvalue weighted by Gasteiger charge is 2.45. The first-order chi connectivity index (χ1) is 10.5. The van der Waals surface area contributed by atoms with E-state index >= 15 is 0 Å². The van der Waals surface area contributed by atoms with Crippen LogP contribution in [0, 0.1) is 0 Å². The Balaban J connectivity index is 3.11. The zero-order chi connectivity index (χ0) is 19.1. The molecule has 0 aromatic rings. The maximum absolute atomic E-state index is 2.62. The highest BCUT2D eigenvalue weighted by molar-refractivity contribution is 6.69. The van der Waals surface area contributed by atoms with Crippen molar-refractivity contribution in [2.24, 2.45) is 0 Å². The quantitative estimate of drug-likeness (QED) is 0.348. The van der Waals surface area contributed by atoms with Crippen LogP contribution in [0.1, 0.15) is 83.1 Å². The molecule has 24 heavy (non-hydrogen) atoms. The van der Waals surface area contributed by atoms with Crippen LogP contribution in [-0.4, -0.2) is 28.3 Å². The van der Waals surface area contributed by atoms with Gasteiger partial charge < -0.3 is 0 Å². The zero-order valence-corrected chi connectivity index (χ0v) is 21.3. The van der Waals surface area contributed by atoms with Gasteiger partial charge in [-0.2, -0.15) is 8.55 Å². The van der Waals surface area contributed by atoms with Crippen molar-refractivity contribution in [3.63, 3.8) is 0 Å². The van der Waals surface area contributed by atoms with E-state index in [-0.39, 0.29) is 0 Å². The van der Waals surface area contributed by atoms with Gasteiger partial charge in [0.25, 0.3) is 14.1 Å². The summed E-state index contributed by atoms with van der Waals surface area (Å²) in [5.74, 6) is 0. The predicted molar refractivity (Wildman–Crippen MR) is 118 cm³/mol.